The Morgan fingerprint density at radius 3 is 1.80 bits per heavy atom. The SMILES string of the molecule is CCC1=C(CC)C2CC1c1ccccc12. The molecule has 2 unspecified atom stereocenters. The Morgan fingerprint density at radius 2 is 1.40 bits per heavy atom. The first-order valence-corrected chi connectivity index (χ1v) is 6.17. The second kappa shape index (κ2) is 3.23. The fourth-order valence-corrected chi connectivity index (χ4v) is 3.69. The van der Waals surface area contributed by atoms with Gasteiger partial charge in [-0.1, -0.05) is 49.3 Å². The maximum Gasteiger partial charge on any atom is 0.00628 e. The molecule has 0 radical (unpaired) electrons. The van der Waals surface area contributed by atoms with Crippen molar-refractivity contribution in [2.24, 2.45) is 0 Å². The number of hydrogen-bond acceptors (Lipinski definition) is 0. The standard InChI is InChI=1S/C15H18/c1-3-10-11(4-2)15-9-14(10)12-7-5-6-8-13(12)15/h5-8,14-15H,3-4,9H2,1-2H3. The molecule has 2 atom stereocenters. The molecule has 0 aliphatic heterocycles. The van der Waals surface area contributed by atoms with E-state index in [0.717, 1.165) is 11.8 Å². The van der Waals surface area contributed by atoms with Gasteiger partial charge in [0.1, 0.15) is 0 Å². The predicted molar refractivity (Wildman–Crippen MR) is 64.1 cm³/mol. The van der Waals surface area contributed by atoms with Gasteiger partial charge in [0.15, 0.2) is 0 Å². The summed E-state index contributed by atoms with van der Waals surface area (Å²) >= 11 is 0. The normalized spacial score (nSPS) is 27.3. The molecule has 0 spiro atoms. The Balaban J connectivity index is 2.14. The van der Waals surface area contributed by atoms with Gasteiger partial charge in [-0.2, -0.15) is 0 Å². The Morgan fingerprint density at radius 1 is 0.933 bits per heavy atom. The third-order valence-corrected chi connectivity index (χ3v) is 4.23. The van der Waals surface area contributed by atoms with Gasteiger partial charge in [-0.3, -0.25) is 0 Å². The first-order chi connectivity index (χ1) is 7.36. The molecule has 0 saturated heterocycles. The summed E-state index contributed by atoms with van der Waals surface area (Å²) in [6, 6.07) is 9.06. The zero-order valence-corrected chi connectivity index (χ0v) is 9.59. The largest absolute Gasteiger partial charge is 0.0631 e. The van der Waals surface area contributed by atoms with Crippen LogP contribution in [0.4, 0.5) is 0 Å². The first-order valence-electron chi connectivity index (χ1n) is 6.17. The molecule has 2 aliphatic carbocycles. The molecule has 3 rings (SSSR count). The van der Waals surface area contributed by atoms with Gasteiger partial charge in [0.25, 0.3) is 0 Å². The molecular formula is C15H18. The smallest absolute Gasteiger partial charge is 0.00628 e. The number of allylic oxidation sites excluding steroid dienone is 2. The fourth-order valence-electron chi connectivity index (χ4n) is 3.69. The molecule has 0 fully saturated rings. The molecule has 0 aromatic heterocycles. The minimum atomic E-state index is 0.770. The number of hydrogen-bond donors (Lipinski definition) is 0. The molecule has 0 nitrogen and oxygen atoms in total. The molecular weight excluding hydrogens is 180 g/mol. The van der Waals surface area contributed by atoms with Crippen LogP contribution in [0.15, 0.2) is 35.4 Å². The summed E-state index contributed by atoms with van der Waals surface area (Å²) in [6.07, 6.45) is 3.86. The van der Waals surface area contributed by atoms with Gasteiger partial charge in [-0.25, -0.2) is 0 Å². The third-order valence-electron chi connectivity index (χ3n) is 4.23. The molecule has 0 heterocycles. The Kier molecular flexibility index (Phi) is 1.98. The fraction of sp³-hybridized carbons (Fsp3) is 0.467. The Bertz CT molecular complexity index is 386. The minimum absolute atomic E-state index is 0.770. The zero-order valence-electron chi connectivity index (χ0n) is 9.59. The molecule has 1 aromatic rings. The quantitative estimate of drug-likeness (QED) is 0.618. The topological polar surface area (TPSA) is 0 Å². The van der Waals surface area contributed by atoms with Gasteiger partial charge >= 0.3 is 0 Å². The first kappa shape index (κ1) is 9.21. The molecule has 2 aliphatic rings. The lowest BCUT2D eigenvalue weighted by Gasteiger charge is -2.21. The van der Waals surface area contributed by atoms with Gasteiger partial charge in [0, 0.05) is 11.8 Å². The van der Waals surface area contributed by atoms with Crippen LogP contribution in [-0.2, 0) is 0 Å². The highest BCUT2D eigenvalue weighted by atomic mass is 14.4. The molecule has 1 aromatic carbocycles. The molecule has 0 heteroatoms. The van der Waals surface area contributed by atoms with Gasteiger partial charge in [-0.15, -0.1) is 0 Å². The van der Waals surface area contributed by atoms with Crippen LogP contribution in [0, 0.1) is 0 Å². The molecule has 2 bridgehead atoms. The average molecular weight is 198 g/mol. The lowest BCUT2D eigenvalue weighted by molar-refractivity contribution is 0.754. The van der Waals surface area contributed by atoms with Crippen molar-refractivity contribution in [3.8, 4) is 0 Å². The van der Waals surface area contributed by atoms with E-state index >= 15 is 0 Å². The summed E-state index contributed by atoms with van der Waals surface area (Å²) in [4.78, 5) is 0. The van der Waals surface area contributed by atoms with Crippen LogP contribution in [0.25, 0.3) is 0 Å². The second-order valence-electron chi connectivity index (χ2n) is 4.73. The van der Waals surface area contributed by atoms with Crippen LogP contribution in [0.5, 0.6) is 0 Å². The predicted octanol–water partition coefficient (Wildman–Crippen LogP) is 4.39. The van der Waals surface area contributed by atoms with Crippen LogP contribution in [0.1, 0.15) is 56.1 Å². The molecule has 15 heavy (non-hydrogen) atoms. The van der Waals surface area contributed by atoms with Gasteiger partial charge in [0.2, 0.25) is 0 Å². The van der Waals surface area contributed by atoms with E-state index in [1.165, 1.54) is 19.3 Å². The summed E-state index contributed by atoms with van der Waals surface area (Å²) < 4.78 is 0. The van der Waals surface area contributed by atoms with Crippen LogP contribution >= 0.6 is 0 Å². The molecule has 0 saturated carbocycles. The average Bonchev–Trinajstić information content (AvgIpc) is 2.84. The van der Waals surface area contributed by atoms with Crippen molar-refractivity contribution in [2.45, 2.75) is 44.9 Å². The maximum absolute atomic E-state index is 2.34. The summed E-state index contributed by atoms with van der Waals surface area (Å²) in [7, 11) is 0. The summed E-state index contributed by atoms with van der Waals surface area (Å²) in [5, 5.41) is 0. The zero-order chi connectivity index (χ0) is 10.4. The number of rotatable bonds is 2. The minimum Gasteiger partial charge on any atom is -0.0631 e. The van der Waals surface area contributed by atoms with Crippen molar-refractivity contribution in [2.75, 3.05) is 0 Å². The van der Waals surface area contributed by atoms with Crippen LogP contribution in [-0.4, -0.2) is 0 Å². The summed E-state index contributed by atoms with van der Waals surface area (Å²) in [5.41, 5.74) is 6.75. The van der Waals surface area contributed by atoms with E-state index in [2.05, 4.69) is 38.1 Å². The van der Waals surface area contributed by atoms with Crippen molar-refractivity contribution in [3.63, 3.8) is 0 Å². The Labute approximate surface area is 92.0 Å². The van der Waals surface area contributed by atoms with Gasteiger partial charge in [-0.05, 0) is 30.4 Å². The van der Waals surface area contributed by atoms with E-state index in [0.29, 0.717) is 0 Å². The summed E-state index contributed by atoms with van der Waals surface area (Å²) in [5.74, 6) is 1.54. The van der Waals surface area contributed by atoms with Crippen molar-refractivity contribution < 1.29 is 0 Å². The van der Waals surface area contributed by atoms with Crippen molar-refractivity contribution in [3.05, 3.63) is 46.5 Å². The van der Waals surface area contributed by atoms with E-state index < -0.39 is 0 Å². The molecule has 78 valence electrons. The van der Waals surface area contributed by atoms with Crippen molar-refractivity contribution in [1.82, 2.24) is 0 Å². The van der Waals surface area contributed by atoms with Gasteiger partial charge < -0.3 is 0 Å². The highest BCUT2D eigenvalue weighted by Crippen LogP contribution is 2.57. The lowest BCUT2D eigenvalue weighted by Crippen LogP contribution is -2.03. The van der Waals surface area contributed by atoms with E-state index in [4.69, 9.17) is 0 Å². The monoisotopic (exact) mass is 198 g/mol. The molecule has 0 amide bonds. The van der Waals surface area contributed by atoms with E-state index in [9.17, 15) is 0 Å². The highest BCUT2D eigenvalue weighted by molar-refractivity contribution is 5.54. The van der Waals surface area contributed by atoms with E-state index in [1.54, 1.807) is 22.3 Å². The number of benzene rings is 1. The maximum atomic E-state index is 2.34. The van der Waals surface area contributed by atoms with Crippen LogP contribution < -0.4 is 0 Å². The van der Waals surface area contributed by atoms with E-state index in [1.807, 2.05) is 0 Å². The second-order valence-corrected chi connectivity index (χ2v) is 4.73. The van der Waals surface area contributed by atoms with E-state index in [-0.39, 0.29) is 0 Å². The van der Waals surface area contributed by atoms with Crippen LogP contribution in [0.2, 0.25) is 0 Å². The summed E-state index contributed by atoms with van der Waals surface area (Å²) in [6.45, 7) is 4.63. The molecule has 0 N–H and O–H groups in total. The van der Waals surface area contributed by atoms with Crippen molar-refractivity contribution >= 4 is 0 Å². The number of fused-ring (bicyclic) bond motifs is 5. The van der Waals surface area contributed by atoms with Crippen molar-refractivity contribution in [1.29, 1.82) is 0 Å². The van der Waals surface area contributed by atoms with Gasteiger partial charge in [0.05, 0.1) is 0 Å². The third kappa shape index (κ3) is 1.08. The van der Waals surface area contributed by atoms with Crippen LogP contribution in [0.3, 0.4) is 0 Å². The highest BCUT2D eigenvalue weighted by Gasteiger charge is 2.40. The lowest BCUT2D eigenvalue weighted by atomic mass is 9.84. The Hall–Kier alpha value is -1.04.